The minimum atomic E-state index is -1.33. The molecule has 1 aromatic heterocycles. The zero-order chi connectivity index (χ0) is 14.0. The number of nitrogens with zero attached hydrogens (tertiary/aromatic N) is 3. The molecule has 0 aliphatic heterocycles. The van der Waals surface area contributed by atoms with E-state index >= 15 is 0 Å². The second-order valence-electron chi connectivity index (χ2n) is 3.55. The lowest BCUT2D eigenvalue weighted by Crippen LogP contribution is -2.05. The first-order valence-corrected chi connectivity index (χ1v) is 5.14. The van der Waals surface area contributed by atoms with Gasteiger partial charge >= 0.3 is 5.69 Å². The Morgan fingerprint density at radius 1 is 1.47 bits per heavy atom. The lowest BCUT2D eigenvalue weighted by atomic mass is 10.1. The van der Waals surface area contributed by atoms with Crippen molar-refractivity contribution < 1.29 is 18.2 Å². The van der Waals surface area contributed by atoms with Crippen molar-refractivity contribution in [3.8, 4) is 11.4 Å². The standard InChI is InChI=1S/C10H8F2N4O3/c1-13-4-7-14-10(15-19-7)8-5(11)2-3-6(9(8)12)16(17)18/h2-3,13H,4H2,1H3. The van der Waals surface area contributed by atoms with Crippen LogP contribution in [0.2, 0.25) is 0 Å². The van der Waals surface area contributed by atoms with Crippen LogP contribution in [0.3, 0.4) is 0 Å². The number of nitro benzene ring substituents is 1. The molecule has 1 heterocycles. The summed E-state index contributed by atoms with van der Waals surface area (Å²) in [5.41, 5.74) is -1.53. The maximum atomic E-state index is 13.8. The molecule has 0 amide bonds. The second kappa shape index (κ2) is 5.06. The molecule has 1 aromatic carbocycles. The molecule has 0 fully saturated rings. The number of nitrogens with one attached hydrogen (secondary N) is 1. The highest BCUT2D eigenvalue weighted by molar-refractivity contribution is 5.61. The number of hydrogen-bond acceptors (Lipinski definition) is 6. The van der Waals surface area contributed by atoms with Gasteiger partial charge in [-0.25, -0.2) is 4.39 Å². The molecular formula is C10H8F2N4O3. The second-order valence-corrected chi connectivity index (χ2v) is 3.55. The lowest BCUT2D eigenvalue weighted by molar-refractivity contribution is -0.387. The molecule has 100 valence electrons. The molecule has 0 aliphatic carbocycles. The third-order valence-corrected chi connectivity index (χ3v) is 2.29. The first-order chi connectivity index (χ1) is 9.04. The molecule has 7 nitrogen and oxygen atoms in total. The minimum absolute atomic E-state index is 0.114. The van der Waals surface area contributed by atoms with E-state index in [0.717, 1.165) is 12.1 Å². The van der Waals surface area contributed by atoms with Crippen LogP contribution in [0, 0.1) is 21.7 Å². The first kappa shape index (κ1) is 13.0. The molecule has 0 unspecified atom stereocenters. The molecule has 19 heavy (non-hydrogen) atoms. The highest BCUT2D eigenvalue weighted by Crippen LogP contribution is 2.29. The average Bonchev–Trinajstić information content (AvgIpc) is 2.77. The first-order valence-electron chi connectivity index (χ1n) is 5.14. The van der Waals surface area contributed by atoms with E-state index in [1.807, 2.05) is 0 Å². The highest BCUT2D eigenvalue weighted by atomic mass is 19.1. The van der Waals surface area contributed by atoms with E-state index in [4.69, 9.17) is 4.52 Å². The van der Waals surface area contributed by atoms with E-state index < -0.39 is 27.8 Å². The Hall–Kier alpha value is -2.42. The number of benzene rings is 1. The van der Waals surface area contributed by atoms with Crippen LogP contribution >= 0.6 is 0 Å². The molecular weight excluding hydrogens is 262 g/mol. The van der Waals surface area contributed by atoms with Gasteiger partial charge < -0.3 is 9.84 Å². The molecule has 0 saturated carbocycles. The zero-order valence-corrected chi connectivity index (χ0v) is 9.68. The number of rotatable bonds is 4. The zero-order valence-electron chi connectivity index (χ0n) is 9.68. The molecule has 9 heteroatoms. The summed E-state index contributed by atoms with van der Waals surface area (Å²) in [6.07, 6.45) is 0. The van der Waals surface area contributed by atoms with Crippen LogP contribution in [0.15, 0.2) is 16.7 Å². The smallest absolute Gasteiger partial charge is 0.305 e. The number of nitro groups is 1. The summed E-state index contributed by atoms with van der Waals surface area (Å²) in [7, 11) is 1.62. The minimum Gasteiger partial charge on any atom is -0.338 e. The third-order valence-electron chi connectivity index (χ3n) is 2.29. The summed E-state index contributed by atoms with van der Waals surface area (Å²) >= 11 is 0. The molecule has 0 atom stereocenters. The number of halogens is 2. The molecule has 1 N–H and O–H groups in total. The molecule has 0 saturated heterocycles. The van der Waals surface area contributed by atoms with Gasteiger partial charge in [0.2, 0.25) is 17.5 Å². The predicted molar refractivity (Wildman–Crippen MR) is 59.1 cm³/mol. The summed E-state index contributed by atoms with van der Waals surface area (Å²) in [4.78, 5) is 13.4. The van der Waals surface area contributed by atoms with Gasteiger partial charge in [-0.05, 0) is 13.1 Å². The van der Waals surface area contributed by atoms with Crippen LogP contribution in [0.25, 0.3) is 11.4 Å². The fourth-order valence-electron chi connectivity index (χ4n) is 1.47. The van der Waals surface area contributed by atoms with E-state index in [2.05, 4.69) is 15.5 Å². The van der Waals surface area contributed by atoms with Crippen LogP contribution < -0.4 is 5.32 Å². The summed E-state index contributed by atoms with van der Waals surface area (Å²) < 4.78 is 32.2. The van der Waals surface area contributed by atoms with Gasteiger partial charge in [0.1, 0.15) is 11.4 Å². The number of aromatic nitrogens is 2. The molecule has 0 bridgehead atoms. The van der Waals surface area contributed by atoms with Gasteiger partial charge in [-0.15, -0.1) is 0 Å². The maximum Gasteiger partial charge on any atom is 0.305 e. The Bertz CT molecular complexity index is 629. The van der Waals surface area contributed by atoms with Crippen LogP contribution in [0.1, 0.15) is 5.89 Å². The molecule has 0 radical (unpaired) electrons. The van der Waals surface area contributed by atoms with Crippen LogP contribution in [0.4, 0.5) is 14.5 Å². The van der Waals surface area contributed by atoms with Gasteiger partial charge in [0.15, 0.2) is 0 Å². The van der Waals surface area contributed by atoms with Gasteiger partial charge in [-0.1, -0.05) is 5.16 Å². The monoisotopic (exact) mass is 270 g/mol. The van der Waals surface area contributed by atoms with Gasteiger partial charge in [0, 0.05) is 6.07 Å². The van der Waals surface area contributed by atoms with Gasteiger partial charge in [-0.2, -0.15) is 9.37 Å². The summed E-state index contributed by atoms with van der Waals surface area (Å²) in [6.45, 7) is 0.213. The van der Waals surface area contributed by atoms with E-state index in [1.54, 1.807) is 7.05 Å². The third kappa shape index (κ3) is 2.40. The fraction of sp³-hybridized carbons (Fsp3) is 0.200. The van der Waals surface area contributed by atoms with Crippen LogP contribution in [-0.2, 0) is 6.54 Å². The fourth-order valence-corrected chi connectivity index (χ4v) is 1.47. The maximum absolute atomic E-state index is 13.8. The lowest BCUT2D eigenvalue weighted by Gasteiger charge is -2.00. The summed E-state index contributed by atoms with van der Waals surface area (Å²) in [5.74, 6) is -2.59. The van der Waals surface area contributed by atoms with Crippen molar-refractivity contribution in [3.05, 3.63) is 39.8 Å². The average molecular weight is 270 g/mol. The Labute approximate surface area is 105 Å². The molecule has 2 rings (SSSR count). The molecule has 0 aliphatic rings. The molecule has 2 aromatic rings. The van der Waals surface area contributed by atoms with Crippen LogP contribution in [-0.4, -0.2) is 22.1 Å². The topological polar surface area (TPSA) is 94.1 Å². The quantitative estimate of drug-likeness (QED) is 0.670. The Morgan fingerprint density at radius 3 is 2.84 bits per heavy atom. The Kier molecular flexibility index (Phi) is 3.47. The summed E-state index contributed by atoms with van der Waals surface area (Å²) in [6, 6.07) is 1.52. The highest BCUT2D eigenvalue weighted by Gasteiger charge is 2.25. The van der Waals surface area contributed by atoms with E-state index in [0.29, 0.717) is 0 Å². The normalized spacial score (nSPS) is 10.7. The van der Waals surface area contributed by atoms with Gasteiger partial charge in [0.25, 0.3) is 0 Å². The van der Waals surface area contributed by atoms with Gasteiger partial charge in [0.05, 0.1) is 11.5 Å². The van der Waals surface area contributed by atoms with Crippen molar-refractivity contribution in [1.29, 1.82) is 0 Å². The largest absolute Gasteiger partial charge is 0.338 e. The summed E-state index contributed by atoms with van der Waals surface area (Å²) in [5, 5.41) is 16.7. The van der Waals surface area contributed by atoms with Crippen molar-refractivity contribution >= 4 is 5.69 Å². The van der Waals surface area contributed by atoms with Crippen molar-refractivity contribution in [3.63, 3.8) is 0 Å². The molecule has 0 spiro atoms. The Balaban J connectivity index is 2.53. The van der Waals surface area contributed by atoms with Gasteiger partial charge in [-0.3, -0.25) is 10.1 Å². The van der Waals surface area contributed by atoms with Crippen molar-refractivity contribution in [2.45, 2.75) is 6.54 Å². The van der Waals surface area contributed by atoms with Crippen molar-refractivity contribution in [2.24, 2.45) is 0 Å². The predicted octanol–water partition coefficient (Wildman–Crippen LogP) is 1.64. The van der Waals surface area contributed by atoms with E-state index in [1.165, 1.54) is 0 Å². The van der Waals surface area contributed by atoms with Crippen molar-refractivity contribution in [2.75, 3.05) is 7.05 Å². The number of hydrogen-bond donors (Lipinski definition) is 1. The SMILES string of the molecule is CNCc1nc(-c2c(F)ccc([N+](=O)[O-])c2F)no1. The Morgan fingerprint density at radius 2 is 2.21 bits per heavy atom. The van der Waals surface area contributed by atoms with Crippen molar-refractivity contribution in [1.82, 2.24) is 15.5 Å². The van der Waals surface area contributed by atoms with E-state index in [9.17, 15) is 18.9 Å². The van der Waals surface area contributed by atoms with E-state index in [-0.39, 0.29) is 18.3 Å². The van der Waals surface area contributed by atoms with Crippen LogP contribution in [0.5, 0.6) is 0 Å².